The molecule has 0 aliphatic rings. The van der Waals surface area contributed by atoms with Crippen LogP contribution in [-0.2, 0) is 9.47 Å². The van der Waals surface area contributed by atoms with E-state index in [-0.39, 0.29) is 12.7 Å². The summed E-state index contributed by atoms with van der Waals surface area (Å²) in [6, 6.07) is 0.304. The third-order valence-corrected chi connectivity index (χ3v) is 3.28. The normalized spacial score (nSPS) is 12.9. The van der Waals surface area contributed by atoms with Gasteiger partial charge in [-0.2, -0.15) is 0 Å². The third kappa shape index (κ3) is 15.8. The van der Waals surface area contributed by atoms with Crippen LogP contribution in [0.3, 0.4) is 0 Å². The van der Waals surface area contributed by atoms with Crippen LogP contribution in [0, 0.1) is 0 Å². The van der Waals surface area contributed by atoms with E-state index in [9.17, 15) is 4.79 Å². The zero-order valence-electron chi connectivity index (χ0n) is 15.3. The van der Waals surface area contributed by atoms with E-state index < -0.39 is 5.60 Å². The predicted molar refractivity (Wildman–Crippen MR) is 92.7 cm³/mol. The van der Waals surface area contributed by atoms with Crippen molar-refractivity contribution in [2.75, 3.05) is 33.4 Å². The largest absolute Gasteiger partial charge is 0.444 e. The molecule has 0 aliphatic heterocycles. The minimum Gasteiger partial charge on any atom is -0.444 e. The highest BCUT2D eigenvalue weighted by Crippen LogP contribution is 2.06. The molecule has 3 N–H and O–H groups in total. The second kappa shape index (κ2) is 13.6. The molecule has 6 nitrogen and oxygen atoms in total. The van der Waals surface area contributed by atoms with Crippen LogP contribution >= 0.6 is 0 Å². The van der Waals surface area contributed by atoms with Gasteiger partial charge in [-0.3, -0.25) is 0 Å². The maximum atomic E-state index is 11.5. The third-order valence-electron chi connectivity index (χ3n) is 3.28. The first-order valence-corrected chi connectivity index (χ1v) is 8.69. The van der Waals surface area contributed by atoms with Crippen LogP contribution in [-0.4, -0.2) is 56.3 Å². The maximum Gasteiger partial charge on any atom is 0.407 e. The van der Waals surface area contributed by atoms with Crippen molar-refractivity contribution >= 4 is 6.09 Å². The summed E-state index contributed by atoms with van der Waals surface area (Å²) >= 11 is 0. The number of carbonyl (C=O) groups is 1. The summed E-state index contributed by atoms with van der Waals surface area (Å²) in [6.07, 6.45) is 5.66. The van der Waals surface area contributed by atoms with Crippen molar-refractivity contribution in [3.05, 3.63) is 0 Å². The van der Waals surface area contributed by atoms with E-state index in [2.05, 4.69) is 10.6 Å². The molecule has 0 bridgehead atoms. The van der Waals surface area contributed by atoms with E-state index in [1.54, 1.807) is 7.11 Å². The van der Waals surface area contributed by atoms with Gasteiger partial charge in [0, 0.05) is 26.3 Å². The van der Waals surface area contributed by atoms with E-state index in [0.29, 0.717) is 19.2 Å². The van der Waals surface area contributed by atoms with Crippen molar-refractivity contribution in [1.29, 1.82) is 0 Å². The molecule has 0 fully saturated rings. The standard InChI is InChI=1S/C17H36N2O4/c1-17(2,3)23-16(21)19-12-9-10-15(14-22-4)18-11-7-5-6-8-13-20/h15,18,20H,5-14H2,1-4H3,(H,19,21). The Morgan fingerprint density at radius 2 is 1.78 bits per heavy atom. The SMILES string of the molecule is COCC(CCCNC(=O)OC(C)(C)C)NCCCCCCO. The van der Waals surface area contributed by atoms with Crippen molar-refractivity contribution in [2.24, 2.45) is 0 Å². The summed E-state index contributed by atoms with van der Waals surface area (Å²) < 4.78 is 10.4. The second-order valence-electron chi connectivity index (χ2n) is 6.82. The van der Waals surface area contributed by atoms with Gasteiger partial charge in [0.2, 0.25) is 0 Å². The second-order valence-corrected chi connectivity index (χ2v) is 6.82. The van der Waals surface area contributed by atoms with Gasteiger partial charge in [-0.25, -0.2) is 4.79 Å². The Balaban J connectivity index is 3.73. The summed E-state index contributed by atoms with van der Waals surface area (Å²) in [5, 5.41) is 15.0. The minimum absolute atomic E-state index is 0.282. The lowest BCUT2D eigenvalue weighted by Crippen LogP contribution is -2.36. The number of rotatable bonds is 13. The number of methoxy groups -OCH3 is 1. The summed E-state index contributed by atoms with van der Waals surface area (Å²) in [5.41, 5.74) is -0.458. The Bertz CT molecular complexity index is 293. The van der Waals surface area contributed by atoms with Crippen LogP contribution in [0.25, 0.3) is 0 Å². The lowest BCUT2D eigenvalue weighted by molar-refractivity contribution is 0.0526. The molecule has 0 aromatic rings. The molecule has 0 aromatic heterocycles. The molecule has 0 spiro atoms. The molecule has 0 aliphatic carbocycles. The number of hydrogen-bond acceptors (Lipinski definition) is 5. The molecule has 1 amide bonds. The zero-order valence-corrected chi connectivity index (χ0v) is 15.3. The molecule has 0 radical (unpaired) electrons. The van der Waals surface area contributed by atoms with E-state index >= 15 is 0 Å². The fourth-order valence-corrected chi connectivity index (χ4v) is 2.20. The average molecular weight is 332 g/mol. The molecule has 0 saturated heterocycles. The van der Waals surface area contributed by atoms with Crippen LogP contribution in [0.5, 0.6) is 0 Å². The van der Waals surface area contributed by atoms with Crippen LogP contribution in [0.1, 0.15) is 59.3 Å². The highest BCUT2D eigenvalue weighted by molar-refractivity contribution is 5.67. The number of carbonyl (C=O) groups excluding carboxylic acids is 1. The Labute approximate surface area is 141 Å². The molecule has 0 aromatic carbocycles. The Hall–Kier alpha value is -0.850. The highest BCUT2D eigenvalue weighted by Gasteiger charge is 2.15. The minimum atomic E-state index is -0.458. The summed E-state index contributed by atoms with van der Waals surface area (Å²) in [6.45, 7) is 8.07. The Kier molecular flexibility index (Phi) is 13.1. The van der Waals surface area contributed by atoms with E-state index in [0.717, 1.165) is 45.1 Å². The lowest BCUT2D eigenvalue weighted by atomic mass is 10.1. The summed E-state index contributed by atoms with van der Waals surface area (Å²) in [5.74, 6) is 0. The number of ether oxygens (including phenoxy) is 2. The molecule has 0 heterocycles. The summed E-state index contributed by atoms with van der Waals surface area (Å²) in [7, 11) is 1.70. The molecular formula is C17H36N2O4. The molecular weight excluding hydrogens is 296 g/mol. The molecule has 23 heavy (non-hydrogen) atoms. The van der Waals surface area contributed by atoms with Crippen LogP contribution in [0.2, 0.25) is 0 Å². The van der Waals surface area contributed by atoms with Gasteiger partial charge in [0.15, 0.2) is 0 Å². The average Bonchev–Trinajstić information content (AvgIpc) is 2.45. The van der Waals surface area contributed by atoms with Crippen molar-refractivity contribution in [2.45, 2.75) is 70.9 Å². The lowest BCUT2D eigenvalue weighted by Gasteiger charge is -2.20. The van der Waals surface area contributed by atoms with Crippen molar-refractivity contribution in [1.82, 2.24) is 10.6 Å². The van der Waals surface area contributed by atoms with Gasteiger partial charge in [-0.15, -0.1) is 0 Å². The highest BCUT2D eigenvalue weighted by atomic mass is 16.6. The smallest absolute Gasteiger partial charge is 0.407 e. The molecule has 0 rings (SSSR count). The number of aliphatic hydroxyl groups is 1. The maximum absolute atomic E-state index is 11.5. The molecule has 1 atom stereocenters. The van der Waals surface area contributed by atoms with Crippen LogP contribution in [0.4, 0.5) is 4.79 Å². The van der Waals surface area contributed by atoms with Gasteiger partial charge in [0.05, 0.1) is 6.61 Å². The summed E-state index contributed by atoms with van der Waals surface area (Å²) in [4.78, 5) is 11.5. The van der Waals surface area contributed by atoms with E-state index in [1.165, 1.54) is 0 Å². The molecule has 1 unspecified atom stereocenters. The Morgan fingerprint density at radius 3 is 2.39 bits per heavy atom. The fraction of sp³-hybridized carbons (Fsp3) is 0.941. The number of alkyl carbamates (subject to hydrolysis) is 1. The zero-order chi connectivity index (χ0) is 17.6. The molecule has 6 heteroatoms. The van der Waals surface area contributed by atoms with E-state index in [4.69, 9.17) is 14.6 Å². The topological polar surface area (TPSA) is 79.8 Å². The number of nitrogens with one attached hydrogen (secondary N) is 2. The van der Waals surface area contributed by atoms with Gasteiger partial charge in [-0.1, -0.05) is 12.8 Å². The van der Waals surface area contributed by atoms with Gasteiger partial charge in [0.1, 0.15) is 5.60 Å². The molecule has 138 valence electrons. The number of aliphatic hydroxyl groups excluding tert-OH is 1. The first-order valence-electron chi connectivity index (χ1n) is 8.69. The van der Waals surface area contributed by atoms with Gasteiger partial charge >= 0.3 is 6.09 Å². The van der Waals surface area contributed by atoms with Crippen LogP contribution < -0.4 is 10.6 Å². The Morgan fingerprint density at radius 1 is 1.09 bits per heavy atom. The monoisotopic (exact) mass is 332 g/mol. The van der Waals surface area contributed by atoms with Gasteiger partial charge < -0.3 is 25.2 Å². The van der Waals surface area contributed by atoms with Crippen molar-refractivity contribution in [3.63, 3.8) is 0 Å². The number of amides is 1. The van der Waals surface area contributed by atoms with Crippen LogP contribution in [0.15, 0.2) is 0 Å². The first kappa shape index (κ1) is 22.1. The quantitative estimate of drug-likeness (QED) is 0.452. The predicted octanol–water partition coefficient (Wildman–Crippen LogP) is 2.45. The van der Waals surface area contributed by atoms with Crippen molar-refractivity contribution in [3.8, 4) is 0 Å². The van der Waals surface area contributed by atoms with Gasteiger partial charge in [-0.05, 0) is 53.0 Å². The number of unbranched alkanes of at least 4 members (excludes halogenated alkanes) is 3. The van der Waals surface area contributed by atoms with Gasteiger partial charge in [0.25, 0.3) is 0 Å². The van der Waals surface area contributed by atoms with E-state index in [1.807, 2.05) is 20.8 Å². The van der Waals surface area contributed by atoms with Crippen molar-refractivity contribution < 1.29 is 19.4 Å². The molecule has 0 saturated carbocycles. The number of hydrogen-bond donors (Lipinski definition) is 3. The fourth-order valence-electron chi connectivity index (χ4n) is 2.20. The first-order chi connectivity index (χ1) is 10.9.